The van der Waals surface area contributed by atoms with E-state index in [9.17, 15) is 0 Å². The molecule has 0 aliphatic heterocycles. The molecular formula is C15H18BrN3O2. The van der Waals surface area contributed by atoms with Gasteiger partial charge in [0.15, 0.2) is 0 Å². The number of nitrogens with zero attached hydrogens (tertiary/aromatic N) is 2. The number of halogens is 1. The van der Waals surface area contributed by atoms with Gasteiger partial charge in [0.1, 0.15) is 5.69 Å². The van der Waals surface area contributed by atoms with E-state index in [2.05, 4.69) is 50.3 Å². The smallest absolute Gasteiger partial charge is 0.240 e. The van der Waals surface area contributed by atoms with E-state index in [1.165, 1.54) is 0 Å². The van der Waals surface area contributed by atoms with Gasteiger partial charge in [-0.3, -0.25) is 0 Å². The molecule has 1 N–H and O–H groups in total. The van der Waals surface area contributed by atoms with E-state index < -0.39 is 0 Å². The third-order valence-corrected chi connectivity index (χ3v) is 3.76. The second-order valence-corrected chi connectivity index (χ2v) is 5.45. The van der Waals surface area contributed by atoms with E-state index in [0.29, 0.717) is 11.8 Å². The number of rotatable bonds is 5. The number of nitrogens with one attached hydrogen (secondary N) is 1. The van der Waals surface area contributed by atoms with E-state index in [-0.39, 0.29) is 6.04 Å². The highest BCUT2D eigenvalue weighted by Crippen LogP contribution is 2.31. The minimum Gasteiger partial charge on any atom is -0.480 e. The van der Waals surface area contributed by atoms with Crippen LogP contribution in [0.25, 0.3) is 0 Å². The summed E-state index contributed by atoms with van der Waals surface area (Å²) >= 11 is 3.51. The average Bonchev–Trinajstić information content (AvgIpc) is 2.51. The van der Waals surface area contributed by atoms with E-state index in [0.717, 1.165) is 21.3 Å². The third kappa shape index (κ3) is 3.33. The molecule has 0 saturated heterocycles. The van der Waals surface area contributed by atoms with Crippen molar-refractivity contribution in [2.45, 2.75) is 13.0 Å². The topological polar surface area (TPSA) is 56.3 Å². The summed E-state index contributed by atoms with van der Waals surface area (Å²) < 4.78 is 11.5. The molecule has 0 amide bonds. The highest BCUT2D eigenvalue weighted by molar-refractivity contribution is 9.10. The second kappa shape index (κ2) is 6.87. The Labute approximate surface area is 132 Å². The Morgan fingerprint density at radius 3 is 2.62 bits per heavy atom. The SMILES string of the molecule is CNC(c1cc(Br)ccc1C)c1ncc(OC)nc1OC. The Morgan fingerprint density at radius 2 is 2.00 bits per heavy atom. The zero-order valence-corrected chi connectivity index (χ0v) is 14.1. The largest absolute Gasteiger partial charge is 0.480 e. The van der Waals surface area contributed by atoms with Gasteiger partial charge in [0, 0.05) is 4.47 Å². The number of hydrogen-bond acceptors (Lipinski definition) is 5. The van der Waals surface area contributed by atoms with Crippen LogP contribution in [0.5, 0.6) is 11.8 Å². The first-order chi connectivity index (χ1) is 10.1. The molecule has 2 aromatic rings. The molecule has 1 aromatic heterocycles. The molecule has 1 heterocycles. The van der Waals surface area contributed by atoms with Crippen molar-refractivity contribution in [1.29, 1.82) is 0 Å². The molecule has 21 heavy (non-hydrogen) atoms. The van der Waals surface area contributed by atoms with Crippen LogP contribution in [0, 0.1) is 6.92 Å². The van der Waals surface area contributed by atoms with Crippen molar-refractivity contribution in [1.82, 2.24) is 15.3 Å². The van der Waals surface area contributed by atoms with Crippen molar-refractivity contribution < 1.29 is 9.47 Å². The molecule has 112 valence electrons. The maximum atomic E-state index is 5.36. The number of benzene rings is 1. The number of aromatic nitrogens is 2. The summed E-state index contributed by atoms with van der Waals surface area (Å²) in [5, 5.41) is 3.27. The lowest BCUT2D eigenvalue weighted by Crippen LogP contribution is -2.21. The average molecular weight is 352 g/mol. The van der Waals surface area contributed by atoms with Gasteiger partial charge in [-0.25, -0.2) is 4.98 Å². The minimum absolute atomic E-state index is 0.115. The second-order valence-electron chi connectivity index (χ2n) is 4.53. The molecule has 0 bridgehead atoms. The monoisotopic (exact) mass is 351 g/mol. The molecule has 2 rings (SSSR count). The fourth-order valence-corrected chi connectivity index (χ4v) is 2.55. The van der Waals surface area contributed by atoms with Gasteiger partial charge in [0.2, 0.25) is 11.8 Å². The van der Waals surface area contributed by atoms with E-state index in [1.54, 1.807) is 20.4 Å². The molecule has 1 atom stereocenters. The normalized spacial score (nSPS) is 12.0. The first kappa shape index (κ1) is 15.7. The molecule has 0 fully saturated rings. The van der Waals surface area contributed by atoms with Gasteiger partial charge in [-0.05, 0) is 37.2 Å². The molecule has 0 radical (unpaired) electrons. The number of hydrogen-bond donors (Lipinski definition) is 1. The van der Waals surface area contributed by atoms with Crippen molar-refractivity contribution in [3.63, 3.8) is 0 Å². The zero-order valence-electron chi connectivity index (χ0n) is 12.5. The van der Waals surface area contributed by atoms with Gasteiger partial charge in [-0.2, -0.15) is 4.98 Å². The van der Waals surface area contributed by atoms with Crippen LogP contribution in [-0.2, 0) is 0 Å². The summed E-state index contributed by atoms with van der Waals surface area (Å²) in [6.45, 7) is 2.07. The van der Waals surface area contributed by atoms with Gasteiger partial charge >= 0.3 is 0 Å². The van der Waals surface area contributed by atoms with Crippen LogP contribution in [-0.4, -0.2) is 31.2 Å². The molecule has 1 unspecified atom stereocenters. The molecule has 1 aromatic carbocycles. The Hall–Kier alpha value is -1.66. The summed E-state index contributed by atoms with van der Waals surface area (Å²) in [4.78, 5) is 8.75. The lowest BCUT2D eigenvalue weighted by molar-refractivity contribution is 0.353. The van der Waals surface area contributed by atoms with Crippen LogP contribution in [0.3, 0.4) is 0 Å². The molecule has 0 aliphatic carbocycles. The number of ether oxygens (including phenoxy) is 2. The van der Waals surface area contributed by atoms with Crippen molar-refractivity contribution in [3.8, 4) is 11.8 Å². The molecule has 0 aliphatic rings. The molecule has 5 nitrogen and oxygen atoms in total. The maximum Gasteiger partial charge on any atom is 0.240 e. The van der Waals surface area contributed by atoms with Crippen LogP contribution in [0.4, 0.5) is 0 Å². The van der Waals surface area contributed by atoms with Gasteiger partial charge in [0.05, 0.1) is 26.5 Å². The quantitative estimate of drug-likeness (QED) is 0.897. The zero-order chi connectivity index (χ0) is 15.4. The van der Waals surface area contributed by atoms with Crippen LogP contribution < -0.4 is 14.8 Å². The molecular weight excluding hydrogens is 334 g/mol. The van der Waals surface area contributed by atoms with E-state index >= 15 is 0 Å². The van der Waals surface area contributed by atoms with Gasteiger partial charge in [-0.1, -0.05) is 22.0 Å². The number of aryl methyl sites for hydroxylation is 1. The lowest BCUT2D eigenvalue weighted by Gasteiger charge is -2.20. The Bertz CT molecular complexity index is 634. The molecule has 0 saturated carbocycles. The van der Waals surface area contributed by atoms with Crippen LogP contribution in [0.1, 0.15) is 22.9 Å². The highest BCUT2D eigenvalue weighted by Gasteiger charge is 2.22. The van der Waals surface area contributed by atoms with Crippen LogP contribution >= 0.6 is 15.9 Å². The molecule has 6 heteroatoms. The fraction of sp³-hybridized carbons (Fsp3) is 0.333. The van der Waals surface area contributed by atoms with Gasteiger partial charge in [-0.15, -0.1) is 0 Å². The minimum atomic E-state index is -0.115. The first-order valence-electron chi connectivity index (χ1n) is 6.49. The van der Waals surface area contributed by atoms with Crippen LogP contribution in [0.15, 0.2) is 28.9 Å². The van der Waals surface area contributed by atoms with Gasteiger partial charge < -0.3 is 14.8 Å². The predicted molar refractivity (Wildman–Crippen MR) is 84.9 cm³/mol. The Morgan fingerprint density at radius 1 is 1.24 bits per heavy atom. The van der Waals surface area contributed by atoms with Crippen molar-refractivity contribution in [2.75, 3.05) is 21.3 Å². The van der Waals surface area contributed by atoms with Gasteiger partial charge in [0.25, 0.3) is 0 Å². The Balaban J connectivity index is 2.53. The standard InChI is InChI=1S/C15H18BrN3O2/c1-9-5-6-10(16)7-11(9)13(17-2)14-15(21-4)19-12(20-3)8-18-14/h5-8,13,17H,1-4H3. The summed E-state index contributed by atoms with van der Waals surface area (Å²) in [5.74, 6) is 0.879. The summed E-state index contributed by atoms with van der Waals surface area (Å²) in [6.07, 6.45) is 1.59. The summed E-state index contributed by atoms with van der Waals surface area (Å²) in [5.41, 5.74) is 3.00. The first-order valence-corrected chi connectivity index (χ1v) is 7.28. The van der Waals surface area contributed by atoms with Crippen molar-refractivity contribution in [2.24, 2.45) is 0 Å². The fourth-order valence-electron chi connectivity index (χ4n) is 2.17. The van der Waals surface area contributed by atoms with Crippen molar-refractivity contribution in [3.05, 3.63) is 45.7 Å². The highest BCUT2D eigenvalue weighted by atomic mass is 79.9. The molecule has 0 spiro atoms. The lowest BCUT2D eigenvalue weighted by atomic mass is 9.99. The number of methoxy groups -OCH3 is 2. The van der Waals surface area contributed by atoms with Crippen LogP contribution in [0.2, 0.25) is 0 Å². The van der Waals surface area contributed by atoms with Crippen molar-refractivity contribution >= 4 is 15.9 Å². The summed E-state index contributed by atoms with van der Waals surface area (Å²) in [7, 11) is 5.01. The van der Waals surface area contributed by atoms with E-state index in [4.69, 9.17) is 9.47 Å². The maximum absolute atomic E-state index is 5.36. The summed E-state index contributed by atoms with van der Waals surface area (Å²) in [6, 6.07) is 6.04. The third-order valence-electron chi connectivity index (χ3n) is 3.26. The van der Waals surface area contributed by atoms with E-state index in [1.807, 2.05) is 13.1 Å². The predicted octanol–water partition coefficient (Wildman–Crippen LogP) is 2.87. The Kier molecular flexibility index (Phi) is 5.14.